The van der Waals surface area contributed by atoms with E-state index in [0.717, 1.165) is 12.1 Å². The molecule has 1 atom stereocenters. The van der Waals surface area contributed by atoms with Crippen LogP contribution in [0.25, 0.3) is 0 Å². The lowest BCUT2D eigenvalue weighted by atomic mass is 9.80. The van der Waals surface area contributed by atoms with Crippen LogP contribution < -0.4 is 15.4 Å². The van der Waals surface area contributed by atoms with Gasteiger partial charge in [0.25, 0.3) is 0 Å². The third-order valence-corrected chi connectivity index (χ3v) is 6.19. The molecule has 200 valence electrons. The van der Waals surface area contributed by atoms with Crippen molar-refractivity contribution >= 4 is 23.1 Å². The second-order valence-corrected chi connectivity index (χ2v) is 8.83. The summed E-state index contributed by atoms with van der Waals surface area (Å²) in [7, 11) is 1.41. The molecule has 12 heteroatoms. The fraction of sp³-hybridized carbons (Fsp3) is 0.308. The van der Waals surface area contributed by atoms with Gasteiger partial charge in [-0.05, 0) is 42.3 Å². The molecule has 2 aromatic carbocycles. The highest BCUT2D eigenvalue weighted by Crippen LogP contribution is 2.37. The zero-order chi connectivity index (χ0) is 27.3. The molecule has 1 aromatic heterocycles. The van der Waals surface area contributed by atoms with Crippen molar-refractivity contribution in [2.24, 2.45) is 5.41 Å². The molecule has 3 aromatic rings. The molecule has 2 heterocycles. The second kappa shape index (κ2) is 11.1. The third kappa shape index (κ3) is 6.25. The maximum atomic E-state index is 13.3. The normalized spacial score (nSPS) is 17.2. The number of alkyl halides is 3. The van der Waals surface area contributed by atoms with Crippen LogP contribution in [-0.2, 0) is 22.3 Å². The number of hydrogen-bond donors (Lipinski definition) is 2. The summed E-state index contributed by atoms with van der Waals surface area (Å²) in [5.41, 5.74) is -1.16. The Morgan fingerprint density at radius 3 is 2.42 bits per heavy atom. The van der Waals surface area contributed by atoms with E-state index in [2.05, 4.69) is 20.6 Å². The van der Waals surface area contributed by atoms with Gasteiger partial charge in [-0.3, -0.25) is 9.59 Å². The summed E-state index contributed by atoms with van der Waals surface area (Å²) < 4.78 is 63.4. The standard InChI is InChI=1S/C26H24F4N4O4/c1-37-24-32-13-17(14-33-24)22(35)11-25(8-9-38-15-25)23(36)31-12-16-2-5-19(6-3-16)34-21-7-4-18(27)10-20(21)26(28,29)30/h2-7,10,13-14,34H,8-9,11-12,15H2,1H3,(H,31,36)/t25-/m0/s1. The van der Waals surface area contributed by atoms with Gasteiger partial charge in [-0.25, -0.2) is 14.4 Å². The van der Waals surface area contributed by atoms with Gasteiger partial charge in [0.2, 0.25) is 5.91 Å². The summed E-state index contributed by atoms with van der Waals surface area (Å²) in [5.74, 6) is -1.64. The number of nitrogens with one attached hydrogen (secondary N) is 2. The molecule has 0 unspecified atom stereocenters. The third-order valence-electron chi connectivity index (χ3n) is 6.19. The predicted molar refractivity (Wildman–Crippen MR) is 128 cm³/mol. The quantitative estimate of drug-likeness (QED) is 0.305. The van der Waals surface area contributed by atoms with E-state index in [1.54, 1.807) is 24.3 Å². The van der Waals surface area contributed by atoms with Gasteiger partial charge in [-0.1, -0.05) is 12.1 Å². The summed E-state index contributed by atoms with van der Waals surface area (Å²) in [6.07, 6.45) is -1.76. The molecule has 0 bridgehead atoms. The zero-order valence-electron chi connectivity index (χ0n) is 20.3. The molecule has 1 amide bonds. The molecule has 0 saturated carbocycles. The number of halogens is 4. The van der Waals surface area contributed by atoms with Gasteiger partial charge in [0.15, 0.2) is 5.78 Å². The van der Waals surface area contributed by atoms with E-state index in [1.165, 1.54) is 19.5 Å². The number of ketones is 1. The van der Waals surface area contributed by atoms with Gasteiger partial charge >= 0.3 is 12.2 Å². The second-order valence-electron chi connectivity index (χ2n) is 8.83. The first-order valence-electron chi connectivity index (χ1n) is 11.6. The lowest BCUT2D eigenvalue weighted by molar-refractivity contribution is -0.137. The lowest BCUT2D eigenvalue weighted by Crippen LogP contribution is -2.42. The Hall–Kier alpha value is -4.06. The van der Waals surface area contributed by atoms with Gasteiger partial charge in [0.05, 0.1) is 35.9 Å². The maximum absolute atomic E-state index is 13.3. The van der Waals surface area contributed by atoms with Crippen molar-refractivity contribution in [1.82, 2.24) is 15.3 Å². The van der Waals surface area contributed by atoms with E-state index in [9.17, 15) is 27.2 Å². The Kier molecular flexibility index (Phi) is 7.91. The van der Waals surface area contributed by atoms with Crippen LogP contribution in [0, 0.1) is 11.2 Å². The summed E-state index contributed by atoms with van der Waals surface area (Å²) in [4.78, 5) is 33.8. The van der Waals surface area contributed by atoms with E-state index >= 15 is 0 Å². The average Bonchev–Trinajstić information content (AvgIpc) is 3.38. The van der Waals surface area contributed by atoms with Crippen LogP contribution in [0.5, 0.6) is 6.01 Å². The maximum Gasteiger partial charge on any atom is 0.418 e. The van der Waals surface area contributed by atoms with Crippen molar-refractivity contribution in [3.63, 3.8) is 0 Å². The Bertz CT molecular complexity index is 1290. The molecule has 0 aliphatic carbocycles. The monoisotopic (exact) mass is 532 g/mol. The van der Waals surface area contributed by atoms with Crippen molar-refractivity contribution < 1.29 is 36.6 Å². The minimum absolute atomic E-state index is 0.0867. The fourth-order valence-electron chi connectivity index (χ4n) is 4.07. The van der Waals surface area contributed by atoms with Gasteiger partial charge in [0, 0.05) is 37.7 Å². The van der Waals surface area contributed by atoms with Crippen LogP contribution in [0.2, 0.25) is 0 Å². The molecule has 1 aliphatic rings. The molecular formula is C26H24F4N4O4. The Morgan fingerprint density at radius 2 is 1.82 bits per heavy atom. The number of amides is 1. The SMILES string of the molecule is COc1ncc(C(=O)C[C@@]2(C(=O)NCc3ccc(Nc4ccc(F)cc4C(F)(F)F)cc3)CCOC2)cn1. The molecule has 38 heavy (non-hydrogen) atoms. The average molecular weight is 532 g/mol. The number of carbonyl (C=O) groups is 2. The zero-order valence-corrected chi connectivity index (χ0v) is 20.3. The number of Topliss-reactive ketones (excluding diaryl/α,β-unsaturated/α-hetero) is 1. The number of hydrogen-bond acceptors (Lipinski definition) is 7. The van der Waals surface area contributed by atoms with Crippen molar-refractivity contribution in [3.05, 3.63) is 77.4 Å². The fourth-order valence-corrected chi connectivity index (χ4v) is 4.07. The molecule has 4 rings (SSSR count). The lowest BCUT2D eigenvalue weighted by Gasteiger charge is -2.25. The van der Waals surface area contributed by atoms with Crippen molar-refractivity contribution in [1.29, 1.82) is 0 Å². The van der Waals surface area contributed by atoms with Crippen LogP contribution in [0.4, 0.5) is 28.9 Å². The first-order valence-corrected chi connectivity index (χ1v) is 11.6. The molecule has 0 radical (unpaired) electrons. The van der Waals surface area contributed by atoms with E-state index in [4.69, 9.17) is 9.47 Å². The molecule has 0 spiro atoms. The highest BCUT2D eigenvalue weighted by atomic mass is 19.4. The van der Waals surface area contributed by atoms with Gasteiger partial charge in [-0.15, -0.1) is 0 Å². The number of benzene rings is 2. The highest BCUT2D eigenvalue weighted by molar-refractivity contribution is 5.99. The van der Waals surface area contributed by atoms with E-state index in [-0.39, 0.29) is 48.5 Å². The number of ether oxygens (including phenoxy) is 2. The number of nitrogens with zero attached hydrogens (tertiary/aromatic N) is 2. The number of rotatable bonds is 9. The number of methoxy groups -OCH3 is 1. The number of anilines is 2. The molecule has 1 fully saturated rings. The first-order chi connectivity index (χ1) is 18.1. The summed E-state index contributed by atoms with van der Waals surface area (Å²) >= 11 is 0. The topological polar surface area (TPSA) is 102 Å². The van der Waals surface area contributed by atoms with Crippen LogP contribution in [0.3, 0.4) is 0 Å². The molecule has 1 saturated heterocycles. The molecule has 8 nitrogen and oxygen atoms in total. The van der Waals surface area contributed by atoms with E-state index in [1.807, 2.05) is 0 Å². The first kappa shape index (κ1) is 27.0. The van der Waals surface area contributed by atoms with Crippen molar-refractivity contribution in [2.75, 3.05) is 25.6 Å². The predicted octanol–water partition coefficient (Wildman–Crippen LogP) is 4.68. The Labute approximate surface area is 215 Å². The van der Waals surface area contributed by atoms with Gasteiger partial charge in [0.1, 0.15) is 5.82 Å². The summed E-state index contributed by atoms with van der Waals surface area (Å²) in [6.45, 7) is 0.554. The smallest absolute Gasteiger partial charge is 0.418 e. The van der Waals surface area contributed by atoms with E-state index in [0.29, 0.717) is 30.3 Å². The Balaban J connectivity index is 1.39. The highest BCUT2D eigenvalue weighted by Gasteiger charge is 2.44. The van der Waals surface area contributed by atoms with Gasteiger partial charge in [-0.2, -0.15) is 13.2 Å². The van der Waals surface area contributed by atoms with E-state index < -0.39 is 23.0 Å². The number of carbonyl (C=O) groups excluding carboxylic acids is 2. The van der Waals surface area contributed by atoms with Crippen LogP contribution in [-0.4, -0.2) is 42.0 Å². The minimum Gasteiger partial charge on any atom is -0.467 e. The van der Waals surface area contributed by atoms with Gasteiger partial charge < -0.3 is 20.1 Å². The summed E-state index contributed by atoms with van der Waals surface area (Å²) in [6, 6.07) is 8.89. The molecule has 2 N–H and O–H groups in total. The Morgan fingerprint density at radius 1 is 1.11 bits per heavy atom. The van der Waals surface area contributed by atoms with Crippen LogP contribution in [0.1, 0.15) is 34.3 Å². The number of aromatic nitrogens is 2. The summed E-state index contributed by atoms with van der Waals surface area (Å²) in [5, 5.41) is 5.48. The van der Waals surface area contributed by atoms with Crippen molar-refractivity contribution in [2.45, 2.75) is 25.6 Å². The largest absolute Gasteiger partial charge is 0.467 e. The minimum atomic E-state index is -4.73. The molecule has 1 aliphatic heterocycles. The molecular weight excluding hydrogens is 508 g/mol. The van der Waals surface area contributed by atoms with Crippen LogP contribution in [0.15, 0.2) is 54.9 Å². The van der Waals surface area contributed by atoms with Crippen LogP contribution >= 0.6 is 0 Å². The van der Waals surface area contributed by atoms with Crippen molar-refractivity contribution in [3.8, 4) is 6.01 Å².